The third kappa shape index (κ3) is 3.39. The molecule has 1 unspecified atom stereocenters. The smallest absolute Gasteiger partial charge is 0.252 e. The minimum atomic E-state index is -0.191. The summed E-state index contributed by atoms with van der Waals surface area (Å²) in [6.45, 7) is 0.520. The fourth-order valence-corrected chi connectivity index (χ4v) is 4.10. The average Bonchev–Trinajstić information content (AvgIpc) is 3.36. The molecule has 2 aromatic rings. The number of carbonyl (C=O) groups is 1. The molecule has 132 valence electrons. The molecule has 1 amide bonds. The fraction of sp³-hybridized carbons (Fsp3) is 0.529. The van der Waals surface area contributed by atoms with Gasteiger partial charge in [0.25, 0.3) is 5.91 Å². The van der Waals surface area contributed by atoms with Gasteiger partial charge in [0.1, 0.15) is 6.33 Å². The number of ether oxygens (including phenoxy) is 1. The molecule has 8 heteroatoms. The molecule has 1 aromatic carbocycles. The Hall–Kier alpha value is -1.99. The van der Waals surface area contributed by atoms with Crippen molar-refractivity contribution in [3.05, 3.63) is 35.1 Å². The number of aromatic nitrogens is 4. The zero-order valence-corrected chi connectivity index (χ0v) is 14.6. The highest BCUT2D eigenvalue weighted by Gasteiger charge is 2.42. The van der Waals surface area contributed by atoms with Gasteiger partial charge in [0.2, 0.25) is 0 Å². The molecule has 1 N–H and O–H groups in total. The van der Waals surface area contributed by atoms with Gasteiger partial charge in [-0.15, -0.1) is 5.10 Å². The Morgan fingerprint density at radius 3 is 2.92 bits per heavy atom. The molecule has 7 nitrogen and oxygen atoms in total. The first-order chi connectivity index (χ1) is 12.2. The van der Waals surface area contributed by atoms with E-state index in [9.17, 15) is 4.79 Å². The monoisotopic (exact) mass is 361 g/mol. The molecule has 1 atom stereocenters. The van der Waals surface area contributed by atoms with Crippen LogP contribution in [0.1, 0.15) is 48.9 Å². The second-order valence-corrected chi connectivity index (χ2v) is 7.20. The summed E-state index contributed by atoms with van der Waals surface area (Å²) in [5, 5.41) is 14.3. The number of benzene rings is 1. The van der Waals surface area contributed by atoms with Gasteiger partial charge >= 0.3 is 0 Å². The van der Waals surface area contributed by atoms with E-state index in [0.29, 0.717) is 22.8 Å². The van der Waals surface area contributed by atoms with Crippen molar-refractivity contribution in [1.29, 1.82) is 0 Å². The summed E-state index contributed by atoms with van der Waals surface area (Å²) in [5.41, 5.74) is 1.22. The van der Waals surface area contributed by atoms with E-state index in [1.54, 1.807) is 18.2 Å². The lowest BCUT2D eigenvalue weighted by Gasteiger charge is -2.23. The van der Waals surface area contributed by atoms with Crippen molar-refractivity contribution < 1.29 is 9.53 Å². The zero-order valence-electron chi connectivity index (χ0n) is 13.8. The van der Waals surface area contributed by atoms with Crippen molar-refractivity contribution in [1.82, 2.24) is 25.5 Å². The molecule has 1 aliphatic carbocycles. The van der Waals surface area contributed by atoms with Crippen LogP contribution in [-0.2, 0) is 4.74 Å². The van der Waals surface area contributed by atoms with E-state index >= 15 is 0 Å². The van der Waals surface area contributed by atoms with Gasteiger partial charge in [-0.25, -0.2) is 4.68 Å². The summed E-state index contributed by atoms with van der Waals surface area (Å²) in [7, 11) is 0. The molecule has 0 bridgehead atoms. The Kier molecular flexibility index (Phi) is 4.43. The molecule has 1 aromatic heterocycles. The second-order valence-electron chi connectivity index (χ2n) is 6.80. The number of amides is 1. The molecule has 1 saturated carbocycles. The molecular weight excluding hydrogens is 342 g/mol. The van der Waals surface area contributed by atoms with Crippen LogP contribution >= 0.6 is 11.6 Å². The molecule has 2 heterocycles. The van der Waals surface area contributed by atoms with Gasteiger partial charge < -0.3 is 10.1 Å². The summed E-state index contributed by atoms with van der Waals surface area (Å²) < 4.78 is 7.71. The van der Waals surface area contributed by atoms with Gasteiger partial charge in [0, 0.05) is 6.54 Å². The van der Waals surface area contributed by atoms with E-state index in [1.807, 2.05) is 0 Å². The molecule has 2 aliphatic rings. The average molecular weight is 362 g/mol. The summed E-state index contributed by atoms with van der Waals surface area (Å²) in [4.78, 5) is 12.4. The highest BCUT2D eigenvalue weighted by atomic mass is 35.5. The zero-order chi connectivity index (χ0) is 17.3. The van der Waals surface area contributed by atoms with Crippen LogP contribution in [0.4, 0.5) is 0 Å². The van der Waals surface area contributed by atoms with Crippen molar-refractivity contribution in [3.8, 4) is 5.69 Å². The predicted molar refractivity (Wildman–Crippen MR) is 91.8 cm³/mol. The summed E-state index contributed by atoms with van der Waals surface area (Å²) >= 11 is 6.26. The molecule has 1 saturated heterocycles. The van der Waals surface area contributed by atoms with Crippen LogP contribution in [0, 0.1) is 0 Å². The minimum Gasteiger partial charge on any atom is -0.370 e. The standard InChI is InChI=1S/C17H20ClN5O2/c18-15-9-12(23-11-20-21-22-23)3-4-14(15)16(24)19-10-13-5-8-17(25-13)6-1-2-7-17/h3-4,9,11,13H,1-2,5-8,10H2,(H,19,24). The number of tetrazole rings is 1. The predicted octanol–water partition coefficient (Wildman–Crippen LogP) is 2.54. The van der Waals surface area contributed by atoms with Crippen LogP contribution in [0.2, 0.25) is 5.02 Å². The Balaban J connectivity index is 1.37. The Morgan fingerprint density at radius 1 is 1.36 bits per heavy atom. The summed E-state index contributed by atoms with van der Waals surface area (Å²) in [6, 6.07) is 5.12. The molecule has 25 heavy (non-hydrogen) atoms. The first-order valence-electron chi connectivity index (χ1n) is 8.64. The highest BCUT2D eigenvalue weighted by molar-refractivity contribution is 6.34. The number of nitrogens with one attached hydrogen (secondary N) is 1. The van der Waals surface area contributed by atoms with Crippen molar-refractivity contribution >= 4 is 17.5 Å². The van der Waals surface area contributed by atoms with Crippen LogP contribution < -0.4 is 5.32 Å². The van der Waals surface area contributed by atoms with E-state index < -0.39 is 0 Å². The van der Waals surface area contributed by atoms with Crippen molar-refractivity contribution in [2.24, 2.45) is 0 Å². The van der Waals surface area contributed by atoms with Gasteiger partial charge in [0.05, 0.1) is 28.0 Å². The third-order valence-corrected chi connectivity index (χ3v) is 5.47. The quantitative estimate of drug-likeness (QED) is 0.904. The SMILES string of the molecule is O=C(NCC1CCC2(CCCC2)O1)c1ccc(-n2cnnn2)cc1Cl. The van der Waals surface area contributed by atoms with E-state index in [0.717, 1.165) is 25.7 Å². The van der Waals surface area contributed by atoms with Crippen LogP contribution in [0.3, 0.4) is 0 Å². The largest absolute Gasteiger partial charge is 0.370 e. The molecule has 1 aliphatic heterocycles. The number of hydrogen-bond donors (Lipinski definition) is 1. The maximum absolute atomic E-state index is 12.4. The molecular formula is C17H20ClN5O2. The lowest BCUT2D eigenvalue weighted by Crippen LogP contribution is -2.34. The molecule has 4 rings (SSSR count). The van der Waals surface area contributed by atoms with Crippen LogP contribution in [0.15, 0.2) is 24.5 Å². The first kappa shape index (κ1) is 16.5. The second kappa shape index (κ2) is 6.72. The number of carbonyl (C=O) groups excluding carboxylic acids is 1. The van der Waals surface area contributed by atoms with Crippen LogP contribution in [0.5, 0.6) is 0 Å². The Bertz CT molecular complexity index is 758. The Morgan fingerprint density at radius 2 is 2.20 bits per heavy atom. The Labute approximate surface area is 150 Å². The topological polar surface area (TPSA) is 81.9 Å². The lowest BCUT2D eigenvalue weighted by atomic mass is 9.98. The minimum absolute atomic E-state index is 0.0839. The number of halogens is 1. The van der Waals surface area contributed by atoms with Crippen LogP contribution in [0.25, 0.3) is 5.69 Å². The maximum atomic E-state index is 12.4. The van der Waals surface area contributed by atoms with Gasteiger partial charge in [-0.2, -0.15) is 0 Å². The van der Waals surface area contributed by atoms with E-state index in [-0.39, 0.29) is 17.6 Å². The van der Waals surface area contributed by atoms with Crippen molar-refractivity contribution in [2.45, 2.75) is 50.2 Å². The third-order valence-electron chi connectivity index (χ3n) is 5.15. The van der Waals surface area contributed by atoms with E-state index in [1.165, 1.54) is 23.9 Å². The number of nitrogens with zero attached hydrogens (tertiary/aromatic N) is 4. The molecule has 1 spiro atoms. The lowest BCUT2D eigenvalue weighted by molar-refractivity contribution is -0.0345. The molecule has 0 radical (unpaired) electrons. The van der Waals surface area contributed by atoms with Gasteiger partial charge in [-0.05, 0) is 54.3 Å². The summed E-state index contributed by atoms with van der Waals surface area (Å²) in [6.07, 6.45) is 8.50. The highest BCUT2D eigenvalue weighted by Crippen LogP contribution is 2.43. The first-order valence-corrected chi connectivity index (χ1v) is 9.02. The van der Waals surface area contributed by atoms with E-state index in [2.05, 4.69) is 20.8 Å². The van der Waals surface area contributed by atoms with Crippen molar-refractivity contribution in [2.75, 3.05) is 6.54 Å². The number of rotatable bonds is 4. The van der Waals surface area contributed by atoms with Crippen molar-refractivity contribution in [3.63, 3.8) is 0 Å². The van der Waals surface area contributed by atoms with Gasteiger partial charge in [-0.1, -0.05) is 24.4 Å². The summed E-state index contributed by atoms with van der Waals surface area (Å²) in [5.74, 6) is -0.191. The molecule has 2 fully saturated rings. The normalized spacial score (nSPS) is 21.7. The maximum Gasteiger partial charge on any atom is 0.252 e. The number of hydrogen-bond acceptors (Lipinski definition) is 5. The van der Waals surface area contributed by atoms with E-state index in [4.69, 9.17) is 16.3 Å². The fourth-order valence-electron chi connectivity index (χ4n) is 3.84. The van der Waals surface area contributed by atoms with Crippen LogP contribution in [-0.4, -0.2) is 44.4 Å². The van der Waals surface area contributed by atoms with Gasteiger partial charge in [0.15, 0.2) is 0 Å². The van der Waals surface area contributed by atoms with Gasteiger partial charge in [-0.3, -0.25) is 4.79 Å².